The standard InChI is InChI=1S/C22H35N5O4/c1-4-26-9-5-6-15(26)21(31)27-11-13-16(22(13,2)3)17(27)20(30)25-14(18(23)28)10-12-7-8-24-19(12)29/h12-17H,4-11H2,1-3H3,(H2,23,28)(H,24,29)(H,25,30)/t12-,13-,14?,15-,16-,17-/m0/s1. The van der Waals surface area contributed by atoms with Crippen LogP contribution in [0.3, 0.4) is 0 Å². The zero-order valence-corrected chi connectivity index (χ0v) is 18.7. The Morgan fingerprint density at radius 1 is 1.29 bits per heavy atom. The van der Waals surface area contributed by atoms with Gasteiger partial charge in [-0.25, -0.2) is 0 Å². The molecule has 0 aromatic carbocycles. The topological polar surface area (TPSA) is 125 Å². The Kier molecular flexibility index (Phi) is 5.74. The summed E-state index contributed by atoms with van der Waals surface area (Å²) < 4.78 is 0. The van der Waals surface area contributed by atoms with Crippen LogP contribution in [-0.4, -0.2) is 77.7 Å². The third-order valence-electron chi connectivity index (χ3n) is 8.16. The lowest BCUT2D eigenvalue weighted by molar-refractivity contribution is -0.144. The summed E-state index contributed by atoms with van der Waals surface area (Å²) in [6.07, 6.45) is 2.62. The molecule has 0 spiro atoms. The van der Waals surface area contributed by atoms with Crippen molar-refractivity contribution in [3.8, 4) is 0 Å². The van der Waals surface area contributed by atoms with Crippen molar-refractivity contribution in [2.45, 2.75) is 64.6 Å². The molecule has 1 unspecified atom stereocenters. The molecule has 172 valence electrons. The maximum absolute atomic E-state index is 13.4. The fourth-order valence-corrected chi connectivity index (χ4v) is 6.15. The van der Waals surface area contributed by atoms with Crippen molar-refractivity contribution in [1.82, 2.24) is 20.4 Å². The molecule has 31 heavy (non-hydrogen) atoms. The molecule has 0 radical (unpaired) electrons. The third kappa shape index (κ3) is 3.81. The Bertz CT molecular complexity index is 784. The molecule has 6 atom stereocenters. The van der Waals surface area contributed by atoms with Crippen LogP contribution in [0.25, 0.3) is 0 Å². The van der Waals surface area contributed by atoms with Gasteiger partial charge in [-0.15, -0.1) is 0 Å². The minimum Gasteiger partial charge on any atom is -0.368 e. The molecule has 3 saturated heterocycles. The molecule has 4 fully saturated rings. The van der Waals surface area contributed by atoms with Gasteiger partial charge in [0.1, 0.15) is 12.1 Å². The van der Waals surface area contributed by atoms with Crippen molar-refractivity contribution < 1.29 is 19.2 Å². The maximum Gasteiger partial charge on any atom is 0.243 e. The van der Waals surface area contributed by atoms with Crippen molar-refractivity contribution in [2.75, 3.05) is 26.2 Å². The van der Waals surface area contributed by atoms with E-state index >= 15 is 0 Å². The number of piperidine rings is 1. The predicted octanol–water partition coefficient (Wildman–Crippen LogP) is -0.550. The van der Waals surface area contributed by atoms with E-state index in [0.717, 1.165) is 25.9 Å². The number of rotatable bonds is 7. The van der Waals surface area contributed by atoms with Gasteiger partial charge in [-0.2, -0.15) is 0 Å². The minimum absolute atomic E-state index is 0.00748. The van der Waals surface area contributed by atoms with Crippen LogP contribution < -0.4 is 16.4 Å². The number of hydrogen-bond donors (Lipinski definition) is 3. The summed E-state index contributed by atoms with van der Waals surface area (Å²) in [5.41, 5.74) is 5.56. The fraction of sp³-hybridized carbons (Fsp3) is 0.818. The van der Waals surface area contributed by atoms with Crippen LogP contribution in [-0.2, 0) is 19.2 Å². The lowest BCUT2D eigenvalue weighted by Gasteiger charge is -2.34. The second-order valence-electron chi connectivity index (χ2n) is 10.2. The highest BCUT2D eigenvalue weighted by atomic mass is 16.2. The average molecular weight is 434 g/mol. The summed E-state index contributed by atoms with van der Waals surface area (Å²) in [5.74, 6) is -1.03. The predicted molar refractivity (Wildman–Crippen MR) is 113 cm³/mol. The van der Waals surface area contributed by atoms with Gasteiger partial charge in [0.05, 0.1) is 6.04 Å². The second kappa shape index (κ2) is 8.07. The van der Waals surface area contributed by atoms with Gasteiger partial charge >= 0.3 is 0 Å². The first kappa shape index (κ1) is 22.0. The van der Waals surface area contributed by atoms with E-state index in [9.17, 15) is 19.2 Å². The highest BCUT2D eigenvalue weighted by Crippen LogP contribution is 2.65. The van der Waals surface area contributed by atoms with Crippen molar-refractivity contribution in [3.63, 3.8) is 0 Å². The van der Waals surface area contributed by atoms with E-state index in [-0.39, 0.29) is 53.4 Å². The summed E-state index contributed by atoms with van der Waals surface area (Å²) in [5, 5.41) is 5.55. The van der Waals surface area contributed by atoms with Crippen LogP contribution >= 0.6 is 0 Å². The molecule has 0 bridgehead atoms. The number of primary amides is 1. The summed E-state index contributed by atoms with van der Waals surface area (Å²) in [4.78, 5) is 54.7. The van der Waals surface area contributed by atoms with E-state index in [1.807, 2.05) is 0 Å². The number of nitrogens with one attached hydrogen (secondary N) is 2. The lowest BCUT2D eigenvalue weighted by atomic mass is 9.96. The summed E-state index contributed by atoms with van der Waals surface area (Å²) >= 11 is 0. The first-order valence-corrected chi connectivity index (χ1v) is 11.6. The van der Waals surface area contributed by atoms with E-state index in [1.54, 1.807) is 4.90 Å². The third-order valence-corrected chi connectivity index (χ3v) is 8.16. The molecule has 0 aromatic rings. The Labute approximate surface area is 183 Å². The minimum atomic E-state index is -0.919. The van der Waals surface area contributed by atoms with Gasteiger partial charge in [0.15, 0.2) is 0 Å². The molecule has 1 aliphatic carbocycles. The number of hydrogen-bond acceptors (Lipinski definition) is 5. The monoisotopic (exact) mass is 433 g/mol. The van der Waals surface area contributed by atoms with Gasteiger partial charge in [0.2, 0.25) is 23.6 Å². The van der Waals surface area contributed by atoms with Gasteiger partial charge < -0.3 is 21.3 Å². The fourth-order valence-electron chi connectivity index (χ4n) is 6.15. The first-order chi connectivity index (χ1) is 14.7. The molecular weight excluding hydrogens is 398 g/mol. The van der Waals surface area contributed by atoms with Crippen molar-refractivity contribution in [2.24, 2.45) is 28.9 Å². The Balaban J connectivity index is 1.49. The van der Waals surface area contributed by atoms with Crippen molar-refractivity contribution >= 4 is 23.6 Å². The van der Waals surface area contributed by atoms with E-state index in [2.05, 4.69) is 36.3 Å². The zero-order chi connectivity index (χ0) is 22.5. The van der Waals surface area contributed by atoms with Crippen LogP contribution in [0.5, 0.6) is 0 Å². The highest BCUT2D eigenvalue weighted by molar-refractivity contribution is 5.94. The Hall–Kier alpha value is -2.16. The quantitative estimate of drug-likeness (QED) is 0.497. The molecule has 9 heteroatoms. The van der Waals surface area contributed by atoms with Gasteiger partial charge in [0.25, 0.3) is 0 Å². The average Bonchev–Trinajstić information content (AvgIpc) is 3.25. The van der Waals surface area contributed by atoms with E-state index in [0.29, 0.717) is 19.5 Å². The Morgan fingerprint density at radius 3 is 2.65 bits per heavy atom. The second-order valence-corrected chi connectivity index (χ2v) is 10.2. The smallest absolute Gasteiger partial charge is 0.243 e. The molecular formula is C22H35N5O4. The number of nitrogens with two attached hydrogens (primary N) is 1. The number of fused-ring (bicyclic) bond motifs is 1. The lowest BCUT2D eigenvalue weighted by Crippen LogP contribution is -2.57. The molecule has 4 amide bonds. The van der Waals surface area contributed by atoms with Crippen LogP contribution in [0.15, 0.2) is 0 Å². The molecule has 4 aliphatic rings. The SMILES string of the molecule is CCN1CCC[C@H]1C(=O)N1C[C@H]2[C@@H]([C@H]1C(=O)NC(C[C@@H]1CCNC1=O)C(N)=O)C2(C)C. The summed E-state index contributed by atoms with van der Waals surface area (Å²) in [7, 11) is 0. The van der Waals surface area contributed by atoms with Gasteiger partial charge in [-0.05, 0) is 56.0 Å². The molecule has 0 aromatic heterocycles. The van der Waals surface area contributed by atoms with Gasteiger partial charge in [-0.1, -0.05) is 20.8 Å². The van der Waals surface area contributed by atoms with E-state index in [4.69, 9.17) is 5.73 Å². The molecule has 3 heterocycles. The molecule has 4 N–H and O–H groups in total. The normalized spacial score (nSPS) is 34.9. The number of amides is 4. The Morgan fingerprint density at radius 2 is 2.03 bits per heavy atom. The number of carbonyl (C=O) groups excluding carboxylic acids is 4. The zero-order valence-electron chi connectivity index (χ0n) is 18.7. The van der Waals surface area contributed by atoms with E-state index < -0.39 is 18.0 Å². The molecule has 3 aliphatic heterocycles. The van der Waals surface area contributed by atoms with Crippen LogP contribution in [0, 0.1) is 23.2 Å². The number of nitrogens with zero attached hydrogens (tertiary/aromatic N) is 2. The van der Waals surface area contributed by atoms with Crippen molar-refractivity contribution in [1.29, 1.82) is 0 Å². The summed E-state index contributed by atoms with van der Waals surface area (Å²) in [6.45, 7) is 9.18. The first-order valence-electron chi connectivity index (χ1n) is 11.6. The van der Waals surface area contributed by atoms with Crippen molar-refractivity contribution in [3.05, 3.63) is 0 Å². The van der Waals surface area contributed by atoms with E-state index in [1.165, 1.54) is 0 Å². The van der Waals surface area contributed by atoms with Gasteiger partial charge in [-0.3, -0.25) is 24.1 Å². The number of carbonyl (C=O) groups is 4. The molecule has 9 nitrogen and oxygen atoms in total. The largest absolute Gasteiger partial charge is 0.368 e. The van der Waals surface area contributed by atoms with Crippen LogP contribution in [0.1, 0.15) is 46.5 Å². The molecule has 4 rings (SSSR count). The summed E-state index contributed by atoms with van der Waals surface area (Å²) in [6, 6.07) is -1.68. The van der Waals surface area contributed by atoms with Crippen LogP contribution in [0.4, 0.5) is 0 Å². The number of likely N-dealkylation sites (tertiary alicyclic amines) is 2. The molecule has 1 saturated carbocycles. The highest BCUT2D eigenvalue weighted by Gasteiger charge is 2.69. The number of likely N-dealkylation sites (N-methyl/N-ethyl adjacent to an activating group) is 1. The maximum atomic E-state index is 13.4. The van der Waals surface area contributed by atoms with Crippen LogP contribution in [0.2, 0.25) is 0 Å². The van der Waals surface area contributed by atoms with Gasteiger partial charge in [0, 0.05) is 19.0 Å².